The Labute approximate surface area is 345 Å². The SMILES string of the molecule is c1ccc(-c2ccc(N(c3ccc(-c4cccc5c4sc4c(-c6ccccc6)cc6ccccc6c45)cc3)c3cc4ccccc4c4c3oc3ccccc34)cc2)cc1. The Balaban J connectivity index is 1.05. The molecule has 0 aliphatic rings. The molecular formula is C56H35NOS. The minimum Gasteiger partial charge on any atom is -0.454 e. The van der Waals surface area contributed by atoms with E-state index < -0.39 is 0 Å². The van der Waals surface area contributed by atoms with Gasteiger partial charge in [0.05, 0.1) is 5.69 Å². The second kappa shape index (κ2) is 13.6. The van der Waals surface area contributed by atoms with Gasteiger partial charge < -0.3 is 9.32 Å². The molecule has 3 heteroatoms. The van der Waals surface area contributed by atoms with E-state index >= 15 is 0 Å². The molecule has 2 heterocycles. The summed E-state index contributed by atoms with van der Waals surface area (Å²) in [5, 5.41) is 9.79. The highest BCUT2D eigenvalue weighted by Crippen LogP contribution is 2.49. The van der Waals surface area contributed by atoms with Crippen LogP contribution in [0.3, 0.4) is 0 Å². The molecule has 2 aromatic heterocycles. The number of anilines is 3. The number of benzene rings is 10. The summed E-state index contributed by atoms with van der Waals surface area (Å²) in [4.78, 5) is 2.36. The first-order valence-corrected chi connectivity index (χ1v) is 20.9. The van der Waals surface area contributed by atoms with Gasteiger partial charge in [0.1, 0.15) is 5.58 Å². The van der Waals surface area contributed by atoms with Gasteiger partial charge in [0, 0.05) is 47.9 Å². The molecule has 0 N–H and O–H groups in total. The maximum Gasteiger partial charge on any atom is 0.160 e. The third kappa shape index (κ3) is 5.47. The Kier molecular flexibility index (Phi) is 7.75. The first-order chi connectivity index (χ1) is 29.3. The van der Waals surface area contributed by atoms with E-state index in [4.69, 9.17) is 4.42 Å². The van der Waals surface area contributed by atoms with Gasteiger partial charge in [-0.1, -0.05) is 170 Å². The van der Waals surface area contributed by atoms with Crippen LogP contribution in [0.15, 0.2) is 217 Å². The number of furan rings is 1. The maximum absolute atomic E-state index is 6.81. The van der Waals surface area contributed by atoms with Crippen LogP contribution in [0.4, 0.5) is 17.1 Å². The molecular weight excluding hydrogens is 735 g/mol. The van der Waals surface area contributed by atoms with E-state index in [2.05, 4.69) is 211 Å². The summed E-state index contributed by atoms with van der Waals surface area (Å²) in [5.41, 5.74) is 12.2. The van der Waals surface area contributed by atoms with Crippen molar-refractivity contribution in [2.75, 3.05) is 4.90 Å². The summed E-state index contributed by atoms with van der Waals surface area (Å²) in [6.45, 7) is 0. The average molecular weight is 770 g/mol. The van der Waals surface area contributed by atoms with E-state index in [1.165, 1.54) is 75.1 Å². The molecule has 0 amide bonds. The summed E-state index contributed by atoms with van der Waals surface area (Å²) < 4.78 is 9.44. The number of para-hydroxylation sites is 1. The number of fused-ring (bicyclic) bond motifs is 10. The molecule has 0 unspecified atom stereocenters. The number of nitrogens with zero attached hydrogens (tertiary/aromatic N) is 1. The molecule has 276 valence electrons. The molecule has 12 rings (SSSR count). The fourth-order valence-electron chi connectivity index (χ4n) is 9.08. The van der Waals surface area contributed by atoms with Crippen LogP contribution in [0, 0.1) is 0 Å². The van der Waals surface area contributed by atoms with E-state index in [-0.39, 0.29) is 0 Å². The molecule has 0 bridgehead atoms. The van der Waals surface area contributed by atoms with Crippen molar-refractivity contribution in [3.05, 3.63) is 212 Å². The number of rotatable bonds is 6. The zero-order valence-electron chi connectivity index (χ0n) is 32.0. The Hall–Kier alpha value is -7.46. The molecule has 0 aliphatic heterocycles. The Morgan fingerprint density at radius 3 is 1.59 bits per heavy atom. The van der Waals surface area contributed by atoms with Crippen LogP contribution in [0.5, 0.6) is 0 Å². The molecule has 0 spiro atoms. The third-order valence-corrected chi connectivity index (χ3v) is 13.1. The lowest BCUT2D eigenvalue weighted by Gasteiger charge is -2.26. The van der Waals surface area contributed by atoms with E-state index in [1.54, 1.807) is 0 Å². The molecule has 0 atom stereocenters. The van der Waals surface area contributed by atoms with Gasteiger partial charge in [-0.15, -0.1) is 11.3 Å². The quantitative estimate of drug-likeness (QED) is 0.167. The minimum absolute atomic E-state index is 0.873. The Morgan fingerprint density at radius 2 is 0.881 bits per heavy atom. The van der Waals surface area contributed by atoms with Gasteiger partial charge in [-0.3, -0.25) is 0 Å². The van der Waals surface area contributed by atoms with Crippen molar-refractivity contribution in [1.82, 2.24) is 0 Å². The van der Waals surface area contributed by atoms with Crippen molar-refractivity contribution in [1.29, 1.82) is 0 Å². The van der Waals surface area contributed by atoms with Crippen LogP contribution in [0.2, 0.25) is 0 Å². The molecule has 2 nitrogen and oxygen atoms in total. The molecule has 0 aliphatic carbocycles. The van der Waals surface area contributed by atoms with Crippen molar-refractivity contribution in [3.8, 4) is 33.4 Å². The van der Waals surface area contributed by atoms with Crippen LogP contribution < -0.4 is 4.90 Å². The average Bonchev–Trinajstić information content (AvgIpc) is 3.90. The van der Waals surface area contributed by atoms with E-state index in [0.717, 1.165) is 39.0 Å². The maximum atomic E-state index is 6.81. The second-order valence-corrected chi connectivity index (χ2v) is 16.2. The first kappa shape index (κ1) is 33.7. The van der Waals surface area contributed by atoms with Crippen LogP contribution >= 0.6 is 11.3 Å². The zero-order chi connectivity index (χ0) is 38.9. The summed E-state index contributed by atoms with van der Waals surface area (Å²) in [6, 6.07) is 76.7. The molecule has 0 saturated heterocycles. The molecule has 59 heavy (non-hydrogen) atoms. The van der Waals surface area contributed by atoms with Crippen molar-refractivity contribution < 1.29 is 4.42 Å². The van der Waals surface area contributed by atoms with Crippen molar-refractivity contribution in [2.24, 2.45) is 0 Å². The first-order valence-electron chi connectivity index (χ1n) is 20.1. The predicted molar refractivity (Wildman–Crippen MR) is 253 cm³/mol. The van der Waals surface area contributed by atoms with Crippen molar-refractivity contribution >= 4 is 92.1 Å². The second-order valence-electron chi connectivity index (χ2n) is 15.2. The van der Waals surface area contributed by atoms with E-state index in [0.29, 0.717) is 0 Å². The molecule has 0 fully saturated rings. The highest BCUT2D eigenvalue weighted by molar-refractivity contribution is 7.27. The van der Waals surface area contributed by atoms with Gasteiger partial charge >= 0.3 is 0 Å². The standard InChI is InChI=1S/C56H35NOS/c1-3-14-36(15-4-1)37-26-30-42(31-27-37)57(50-35-41-19-8-9-20-44(41)52-47-22-11-12-25-51(47)58-54(50)52)43-32-28-39(29-33-43)46-23-13-24-48-53-45-21-10-7-18-40(45)34-49(56(53)59-55(46)48)38-16-5-2-6-17-38/h1-35H. The van der Waals surface area contributed by atoms with Gasteiger partial charge in [0.15, 0.2) is 5.58 Å². The highest BCUT2D eigenvalue weighted by atomic mass is 32.1. The monoisotopic (exact) mass is 769 g/mol. The lowest BCUT2D eigenvalue weighted by Crippen LogP contribution is -2.10. The van der Waals surface area contributed by atoms with Gasteiger partial charge in [0.2, 0.25) is 0 Å². The van der Waals surface area contributed by atoms with Crippen molar-refractivity contribution in [3.63, 3.8) is 0 Å². The number of thiophene rings is 1. The highest BCUT2D eigenvalue weighted by Gasteiger charge is 2.23. The van der Waals surface area contributed by atoms with Crippen LogP contribution in [0.25, 0.3) is 97.0 Å². The van der Waals surface area contributed by atoms with Gasteiger partial charge in [0.25, 0.3) is 0 Å². The normalized spacial score (nSPS) is 11.7. The van der Waals surface area contributed by atoms with Crippen LogP contribution in [0.1, 0.15) is 0 Å². The lowest BCUT2D eigenvalue weighted by atomic mass is 9.95. The number of hydrogen-bond donors (Lipinski definition) is 0. The zero-order valence-corrected chi connectivity index (χ0v) is 32.8. The number of hydrogen-bond acceptors (Lipinski definition) is 3. The van der Waals surface area contributed by atoms with E-state index in [1.807, 2.05) is 17.4 Å². The molecule has 0 radical (unpaired) electrons. The molecule has 0 saturated carbocycles. The topological polar surface area (TPSA) is 16.4 Å². The van der Waals surface area contributed by atoms with Gasteiger partial charge in [-0.25, -0.2) is 0 Å². The summed E-state index contributed by atoms with van der Waals surface area (Å²) in [6.07, 6.45) is 0. The van der Waals surface area contributed by atoms with Crippen LogP contribution in [-0.4, -0.2) is 0 Å². The Morgan fingerprint density at radius 1 is 0.356 bits per heavy atom. The smallest absolute Gasteiger partial charge is 0.160 e. The van der Waals surface area contributed by atoms with Crippen LogP contribution in [-0.2, 0) is 0 Å². The lowest BCUT2D eigenvalue weighted by molar-refractivity contribution is 0.669. The molecule has 12 aromatic rings. The third-order valence-electron chi connectivity index (χ3n) is 11.8. The Bertz CT molecular complexity index is 3530. The molecule has 10 aromatic carbocycles. The van der Waals surface area contributed by atoms with Gasteiger partial charge in [-0.2, -0.15) is 0 Å². The largest absolute Gasteiger partial charge is 0.454 e. The van der Waals surface area contributed by atoms with Gasteiger partial charge in [-0.05, 0) is 91.8 Å². The summed E-state index contributed by atoms with van der Waals surface area (Å²) >= 11 is 1.90. The summed E-state index contributed by atoms with van der Waals surface area (Å²) in [7, 11) is 0. The minimum atomic E-state index is 0.873. The fourth-order valence-corrected chi connectivity index (χ4v) is 10.5. The van der Waals surface area contributed by atoms with Crippen molar-refractivity contribution in [2.45, 2.75) is 0 Å². The predicted octanol–water partition coefficient (Wildman–Crippen LogP) is 16.7. The fraction of sp³-hybridized carbons (Fsp3) is 0. The van der Waals surface area contributed by atoms with E-state index in [9.17, 15) is 0 Å². The summed E-state index contributed by atoms with van der Waals surface area (Å²) in [5.74, 6) is 0.